The molecule has 0 saturated carbocycles. The van der Waals surface area contributed by atoms with E-state index in [1.165, 1.54) is 12.8 Å². The first-order valence-electron chi connectivity index (χ1n) is 8.99. The van der Waals surface area contributed by atoms with Crippen LogP contribution in [0.15, 0.2) is 23.0 Å². The molecule has 1 N–H and O–H groups in total. The van der Waals surface area contributed by atoms with Crippen LogP contribution >= 0.6 is 11.3 Å². The summed E-state index contributed by atoms with van der Waals surface area (Å²) in [6, 6.07) is 1.79. The van der Waals surface area contributed by atoms with E-state index in [4.69, 9.17) is 9.72 Å². The average molecular weight is 373 g/mol. The maximum absolute atomic E-state index is 12.6. The number of urea groups is 1. The van der Waals surface area contributed by atoms with Crippen molar-refractivity contribution in [2.24, 2.45) is 0 Å². The number of anilines is 2. The molecule has 26 heavy (non-hydrogen) atoms. The molecular weight excluding hydrogens is 350 g/mol. The molecule has 4 heterocycles. The second kappa shape index (κ2) is 7.59. The topological polar surface area (TPSA) is 70.6 Å². The van der Waals surface area contributed by atoms with Gasteiger partial charge in [0.05, 0.1) is 24.5 Å². The third kappa shape index (κ3) is 3.66. The number of hydrogen-bond acceptors (Lipinski definition) is 6. The third-order valence-electron chi connectivity index (χ3n) is 4.83. The molecule has 2 aromatic rings. The number of hydrogen-bond donors (Lipinski definition) is 1. The van der Waals surface area contributed by atoms with Crippen molar-refractivity contribution in [1.29, 1.82) is 0 Å². The number of carbonyl (C=O) groups is 1. The van der Waals surface area contributed by atoms with E-state index < -0.39 is 0 Å². The van der Waals surface area contributed by atoms with Gasteiger partial charge < -0.3 is 19.9 Å². The molecule has 138 valence electrons. The van der Waals surface area contributed by atoms with Crippen LogP contribution in [0.2, 0.25) is 0 Å². The largest absolute Gasteiger partial charge is 0.368 e. The van der Waals surface area contributed by atoms with Crippen molar-refractivity contribution in [1.82, 2.24) is 14.9 Å². The normalized spacial score (nSPS) is 20.4. The Morgan fingerprint density at radius 2 is 2.15 bits per heavy atom. The van der Waals surface area contributed by atoms with Gasteiger partial charge in [-0.05, 0) is 36.8 Å². The Labute approximate surface area is 157 Å². The zero-order chi connectivity index (χ0) is 17.9. The quantitative estimate of drug-likeness (QED) is 0.895. The highest BCUT2D eigenvalue weighted by atomic mass is 32.1. The molecule has 2 fully saturated rings. The number of aryl methyl sites for hydroxylation is 1. The van der Waals surface area contributed by atoms with Crippen molar-refractivity contribution >= 4 is 29.0 Å². The minimum Gasteiger partial charge on any atom is -0.368 e. The number of rotatable bonds is 3. The van der Waals surface area contributed by atoms with Gasteiger partial charge in [0.25, 0.3) is 0 Å². The lowest BCUT2D eigenvalue weighted by molar-refractivity contribution is -0.0157. The Hall–Kier alpha value is -2.19. The molecular formula is C18H23N5O2S. The summed E-state index contributed by atoms with van der Waals surface area (Å²) in [5, 5.41) is 6.97. The van der Waals surface area contributed by atoms with Gasteiger partial charge in [-0.25, -0.2) is 14.8 Å². The maximum Gasteiger partial charge on any atom is 0.322 e. The minimum atomic E-state index is -0.220. The Morgan fingerprint density at radius 3 is 2.92 bits per heavy atom. The fourth-order valence-corrected chi connectivity index (χ4v) is 4.09. The third-order valence-corrected chi connectivity index (χ3v) is 5.70. The van der Waals surface area contributed by atoms with Gasteiger partial charge in [0.2, 0.25) is 5.95 Å². The van der Waals surface area contributed by atoms with E-state index in [-0.39, 0.29) is 12.1 Å². The van der Waals surface area contributed by atoms with E-state index in [2.05, 4.69) is 15.2 Å². The lowest BCUT2D eigenvalue weighted by Crippen LogP contribution is -2.44. The molecule has 2 saturated heterocycles. The van der Waals surface area contributed by atoms with E-state index >= 15 is 0 Å². The summed E-state index contributed by atoms with van der Waals surface area (Å²) in [5.74, 6) is 0.763. The van der Waals surface area contributed by atoms with Gasteiger partial charge in [-0.1, -0.05) is 0 Å². The molecule has 7 nitrogen and oxygen atoms in total. The van der Waals surface area contributed by atoms with Gasteiger partial charge in [0.15, 0.2) is 0 Å². The van der Waals surface area contributed by atoms with Crippen LogP contribution in [0.3, 0.4) is 0 Å². The van der Waals surface area contributed by atoms with Gasteiger partial charge >= 0.3 is 6.03 Å². The number of aromatic nitrogens is 2. The number of nitrogens with zero attached hydrogens (tertiary/aromatic N) is 4. The smallest absolute Gasteiger partial charge is 0.322 e. The van der Waals surface area contributed by atoms with Gasteiger partial charge in [-0.2, -0.15) is 0 Å². The van der Waals surface area contributed by atoms with Crippen LogP contribution in [0.25, 0.3) is 0 Å². The SMILES string of the molecule is Cc1cscc1NC(=O)N1CCO[C@@H](c2ccnc(N3CCCC3)n2)C1. The molecule has 0 unspecified atom stereocenters. The van der Waals surface area contributed by atoms with E-state index in [0.29, 0.717) is 19.7 Å². The molecule has 8 heteroatoms. The summed E-state index contributed by atoms with van der Waals surface area (Å²) < 4.78 is 5.89. The Morgan fingerprint density at radius 1 is 1.31 bits per heavy atom. The first-order valence-corrected chi connectivity index (χ1v) is 9.93. The Balaban J connectivity index is 1.44. The summed E-state index contributed by atoms with van der Waals surface area (Å²) in [4.78, 5) is 25.7. The number of ether oxygens (including phenoxy) is 1. The lowest BCUT2D eigenvalue weighted by Gasteiger charge is -2.32. The number of thiophene rings is 1. The predicted octanol–water partition coefficient (Wildman–Crippen LogP) is 3.05. The predicted molar refractivity (Wildman–Crippen MR) is 102 cm³/mol. The highest BCUT2D eigenvalue weighted by Crippen LogP contribution is 2.25. The number of amides is 2. The highest BCUT2D eigenvalue weighted by Gasteiger charge is 2.27. The van der Waals surface area contributed by atoms with Gasteiger partial charge in [0.1, 0.15) is 6.10 Å². The molecule has 0 aromatic carbocycles. The summed E-state index contributed by atoms with van der Waals surface area (Å²) in [5.41, 5.74) is 2.80. The van der Waals surface area contributed by atoms with Crippen LogP contribution in [0.5, 0.6) is 0 Å². The highest BCUT2D eigenvalue weighted by molar-refractivity contribution is 7.08. The van der Waals surface area contributed by atoms with Crippen LogP contribution in [0.4, 0.5) is 16.4 Å². The fraction of sp³-hybridized carbons (Fsp3) is 0.500. The van der Waals surface area contributed by atoms with Crippen molar-refractivity contribution < 1.29 is 9.53 Å². The molecule has 0 bridgehead atoms. The minimum absolute atomic E-state index is 0.0892. The molecule has 0 aliphatic carbocycles. The number of morpholine rings is 1. The van der Waals surface area contributed by atoms with Gasteiger partial charge in [-0.3, -0.25) is 0 Å². The van der Waals surface area contributed by atoms with E-state index in [1.54, 1.807) is 22.4 Å². The fourth-order valence-electron chi connectivity index (χ4n) is 3.31. The molecule has 2 amide bonds. The van der Waals surface area contributed by atoms with Crippen LogP contribution in [-0.4, -0.2) is 53.7 Å². The maximum atomic E-state index is 12.6. The summed E-state index contributed by atoms with van der Waals surface area (Å²) in [7, 11) is 0. The van der Waals surface area contributed by atoms with Crippen LogP contribution in [0, 0.1) is 6.92 Å². The zero-order valence-electron chi connectivity index (χ0n) is 14.9. The molecule has 2 aliphatic heterocycles. The van der Waals surface area contributed by atoms with E-state index in [9.17, 15) is 4.79 Å². The molecule has 0 spiro atoms. The number of nitrogens with one attached hydrogen (secondary N) is 1. The zero-order valence-corrected chi connectivity index (χ0v) is 15.7. The average Bonchev–Trinajstić information content (AvgIpc) is 3.35. The van der Waals surface area contributed by atoms with Crippen LogP contribution in [-0.2, 0) is 4.74 Å². The summed E-state index contributed by atoms with van der Waals surface area (Å²) >= 11 is 1.59. The first kappa shape index (κ1) is 17.2. The second-order valence-corrected chi connectivity index (χ2v) is 7.42. The van der Waals surface area contributed by atoms with Crippen LogP contribution < -0.4 is 10.2 Å². The molecule has 2 aromatic heterocycles. The van der Waals surface area contributed by atoms with Gasteiger partial charge in [0, 0.05) is 31.2 Å². The monoisotopic (exact) mass is 373 g/mol. The Kier molecular flexibility index (Phi) is 5.03. The van der Waals surface area contributed by atoms with Crippen molar-refractivity contribution in [3.8, 4) is 0 Å². The summed E-state index contributed by atoms with van der Waals surface area (Å²) in [6.07, 6.45) is 3.93. The molecule has 2 aliphatic rings. The first-order chi connectivity index (χ1) is 12.7. The lowest BCUT2D eigenvalue weighted by atomic mass is 10.2. The molecule has 0 radical (unpaired) electrons. The molecule has 4 rings (SSSR count). The van der Waals surface area contributed by atoms with Crippen LogP contribution in [0.1, 0.15) is 30.2 Å². The van der Waals surface area contributed by atoms with E-state index in [0.717, 1.165) is 36.0 Å². The van der Waals surface area contributed by atoms with Crippen molar-refractivity contribution in [2.45, 2.75) is 25.9 Å². The Bertz CT molecular complexity index is 774. The van der Waals surface area contributed by atoms with Crippen molar-refractivity contribution in [3.05, 3.63) is 34.3 Å². The van der Waals surface area contributed by atoms with E-state index in [1.807, 2.05) is 23.8 Å². The second-order valence-electron chi connectivity index (χ2n) is 6.68. The van der Waals surface area contributed by atoms with Crippen molar-refractivity contribution in [2.75, 3.05) is 43.0 Å². The number of carbonyl (C=O) groups excluding carboxylic acids is 1. The van der Waals surface area contributed by atoms with Gasteiger partial charge in [-0.15, -0.1) is 11.3 Å². The molecule has 1 atom stereocenters. The van der Waals surface area contributed by atoms with Crippen molar-refractivity contribution in [3.63, 3.8) is 0 Å². The standard InChI is InChI=1S/C18H23N5O2S/c1-13-11-26-12-15(13)21-18(24)23-8-9-25-16(10-23)14-4-5-19-17(20-14)22-6-2-3-7-22/h4-5,11-12,16H,2-3,6-10H2,1H3,(H,21,24)/t16-/m1/s1. The summed E-state index contributed by atoms with van der Waals surface area (Å²) in [6.45, 7) is 5.58.